The Morgan fingerprint density at radius 1 is 1.06 bits per heavy atom. The molecule has 1 aliphatic carbocycles. The number of amides is 1. The Balaban J connectivity index is 1.37. The molecule has 0 spiro atoms. The number of carbonyl (C=O) groups excluding carboxylic acids is 1. The van der Waals surface area contributed by atoms with Gasteiger partial charge in [0.05, 0.1) is 6.42 Å². The van der Waals surface area contributed by atoms with Crippen molar-refractivity contribution in [1.82, 2.24) is 20.2 Å². The molecule has 1 N–H and O–H groups in total. The number of nitrogens with zero attached hydrogens (tertiary/aromatic N) is 3. The zero-order chi connectivity index (χ0) is 21.8. The quantitative estimate of drug-likeness (QED) is 0.753. The van der Waals surface area contributed by atoms with Gasteiger partial charge < -0.3 is 5.32 Å². The summed E-state index contributed by atoms with van der Waals surface area (Å²) in [4.78, 5) is 24.8. The second-order valence-corrected chi connectivity index (χ2v) is 9.52. The first kappa shape index (κ1) is 21.9. The van der Waals surface area contributed by atoms with Crippen LogP contribution in [0.25, 0.3) is 0 Å². The first-order chi connectivity index (χ1) is 15.0. The maximum Gasteiger partial charge on any atom is 0.224 e. The predicted molar refractivity (Wildman–Crippen MR) is 124 cm³/mol. The molecule has 1 aliphatic heterocycles. The minimum absolute atomic E-state index is 0.111. The highest BCUT2D eigenvalue weighted by Crippen LogP contribution is 2.27. The van der Waals surface area contributed by atoms with Gasteiger partial charge in [-0.15, -0.1) is 0 Å². The van der Waals surface area contributed by atoms with Crippen molar-refractivity contribution in [2.45, 2.75) is 84.2 Å². The highest BCUT2D eigenvalue weighted by Gasteiger charge is 2.27. The molecular formula is C26H36N4O. The zero-order valence-electron chi connectivity index (χ0n) is 19.3. The van der Waals surface area contributed by atoms with E-state index in [0.717, 1.165) is 61.7 Å². The maximum atomic E-state index is 12.6. The largest absolute Gasteiger partial charge is 0.353 e. The fourth-order valence-electron chi connectivity index (χ4n) is 5.15. The van der Waals surface area contributed by atoms with E-state index in [2.05, 4.69) is 41.4 Å². The lowest BCUT2D eigenvalue weighted by Crippen LogP contribution is -2.37. The third-order valence-electron chi connectivity index (χ3n) is 6.87. The van der Waals surface area contributed by atoms with Crippen molar-refractivity contribution in [2.75, 3.05) is 13.1 Å². The normalized spacial score (nSPS) is 20.2. The maximum absolute atomic E-state index is 12.6. The summed E-state index contributed by atoms with van der Waals surface area (Å²) in [5.74, 6) is 1.42. The summed E-state index contributed by atoms with van der Waals surface area (Å²) >= 11 is 0. The van der Waals surface area contributed by atoms with E-state index >= 15 is 0 Å². The van der Waals surface area contributed by atoms with Crippen molar-refractivity contribution in [3.8, 4) is 0 Å². The van der Waals surface area contributed by atoms with E-state index in [-0.39, 0.29) is 5.91 Å². The number of hydrogen-bond donors (Lipinski definition) is 1. The van der Waals surface area contributed by atoms with Crippen molar-refractivity contribution in [3.63, 3.8) is 0 Å². The smallest absolute Gasteiger partial charge is 0.224 e. The summed E-state index contributed by atoms with van der Waals surface area (Å²) in [6.45, 7) is 9.25. The lowest BCUT2D eigenvalue weighted by molar-refractivity contribution is -0.121. The van der Waals surface area contributed by atoms with Crippen LogP contribution < -0.4 is 5.32 Å². The molecule has 1 atom stereocenters. The molecule has 1 saturated heterocycles. The third-order valence-corrected chi connectivity index (χ3v) is 6.87. The van der Waals surface area contributed by atoms with Crippen molar-refractivity contribution in [2.24, 2.45) is 0 Å². The molecule has 2 heterocycles. The van der Waals surface area contributed by atoms with E-state index in [9.17, 15) is 4.79 Å². The number of nitrogens with one attached hydrogen (secondary N) is 1. The summed E-state index contributed by atoms with van der Waals surface area (Å²) in [6.07, 6.45) is 7.44. The number of likely N-dealkylation sites (tertiary alicyclic amines) is 1. The van der Waals surface area contributed by atoms with Crippen LogP contribution in [-0.4, -0.2) is 39.9 Å². The van der Waals surface area contributed by atoms with E-state index in [1.54, 1.807) is 0 Å². The van der Waals surface area contributed by atoms with E-state index in [1.165, 1.54) is 30.4 Å². The van der Waals surface area contributed by atoms with Crippen LogP contribution in [0, 0.1) is 20.8 Å². The molecule has 1 aromatic heterocycles. The van der Waals surface area contributed by atoms with Gasteiger partial charge in [0.15, 0.2) is 0 Å². The van der Waals surface area contributed by atoms with Crippen molar-refractivity contribution < 1.29 is 4.79 Å². The minimum atomic E-state index is 0.111. The Morgan fingerprint density at radius 3 is 2.52 bits per heavy atom. The summed E-state index contributed by atoms with van der Waals surface area (Å²) in [5.41, 5.74) is 5.59. The average Bonchev–Trinajstić information content (AvgIpc) is 3.20. The topological polar surface area (TPSA) is 58.1 Å². The highest BCUT2D eigenvalue weighted by molar-refractivity contribution is 5.79. The van der Waals surface area contributed by atoms with Gasteiger partial charge in [0.25, 0.3) is 0 Å². The van der Waals surface area contributed by atoms with Gasteiger partial charge in [-0.05, 0) is 52.1 Å². The molecule has 1 aromatic carbocycles. The fourth-order valence-corrected chi connectivity index (χ4v) is 5.15. The molecule has 2 aromatic rings. The molecule has 31 heavy (non-hydrogen) atoms. The van der Waals surface area contributed by atoms with Gasteiger partial charge >= 0.3 is 0 Å². The molecular weight excluding hydrogens is 384 g/mol. The zero-order valence-corrected chi connectivity index (χ0v) is 19.3. The first-order valence-corrected chi connectivity index (χ1v) is 11.9. The molecule has 2 fully saturated rings. The Hall–Kier alpha value is -2.27. The lowest BCUT2D eigenvalue weighted by atomic mass is 9.95. The number of hydrogen-bond acceptors (Lipinski definition) is 4. The molecule has 0 unspecified atom stereocenters. The van der Waals surface area contributed by atoms with Crippen LogP contribution in [0.1, 0.15) is 78.3 Å². The second-order valence-electron chi connectivity index (χ2n) is 9.52. The van der Waals surface area contributed by atoms with Crippen molar-refractivity contribution >= 4 is 5.91 Å². The van der Waals surface area contributed by atoms with Crippen LogP contribution in [0.2, 0.25) is 0 Å². The van der Waals surface area contributed by atoms with Crippen molar-refractivity contribution in [1.29, 1.82) is 0 Å². The van der Waals surface area contributed by atoms with Gasteiger partial charge in [0.1, 0.15) is 5.82 Å². The number of rotatable bonds is 6. The fraction of sp³-hybridized carbons (Fsp3) is 0.577. The molecule has 0 radical (unpaired) electrons. The Kier molecular flexibility index (Phi) is 7.01. The lowest BCUT2D eigenvalue weighted by Gasteiger charge is -2.23. The summed E-state index contributed by atoms with van der Waals surface area (Å²) < 4.78 is 0. The molecule has 0 bridgehead atoms. The standard InChI is InChI=1S/C26H36N4O/c1-18-8-7-9-21(14-18)16-30-13-12-22(17-30)26-27-19(2)24(20(3)28-26)15-25(31)29-23-10-5-4-6-11-23/h7-9,14,22-23H,4-6,10-13,15-17H2,1-3H3,(H,29,31)/t22-/m1/s1. The van der Waals surface area contributed by atoms with Gasteiger partial charge in [0, 0.05) is 42.0 Å². The Labute approximate surface area is 186 Å². The summed E-state index contributed by atoms with van der Waals surface area (Å²) in [6, 6.07) is 9.10. The van der Waals surface area contributed by atoms with E-state index in [1.807, 2.05) is 13.8 Å². The number of benzene rings is 1. The summed E-state index contributed by atoms with van der Waals surface area (Å²) in [5, 5.41) is 3.22. The van der Waals surface area contributed by atoms with Gasteiger partial charge in [-0.2, -0.15) is 0 Å². The first-order valence-electron chi connectivity index (χ1n) is 11.9. The molecule has 2 aliphatic rings. The Bertz CT molecular complexity index is 896. The van der Waals surface area contributed by atoms with Gasteiger partial charge in [-0.1, -0.05) is 49.1 Å². The third kappa shape index (κ3) is 5.70. The SMILES string of the molecule is Cc1cccc(CN2CC[C@@H](c3nc(C)c(CC(=O)NC4CCCCC4)c(C)n3)C2)c1. The van der Waals surface area contributed by atoms with Crippen LogP contribution in [0.5, 0.6) is 0 Å². The minimum Gasteiger partial charge on any atom is -0.353 e. The predicted octanol–water partition coefficient (Wildman–Crippen LogP) is 4.38. The molecule has 5 nitrogen and oxygen atoms in total. The van der Waals surface area contributed by atoms with Crippen LogP contribution in [0.4, 0.5) is 0 Å². The molecule has 1 saturated carbocycles. The molecule has 5 heteroatoms. The Morgan fingerprint density at radius 2 is 1.81 bits per heavy atom. The summed E-state index contributed by atoms with van der Waals surface area (Å²) in [7, 11) is 0. The monoisotopic (exact) mass is 420 g/mol. The molecule has 1 amide bonds. The van der Waals surface area contributed by atoms with Crippen LogP contribution in [-0.2, 0) is 17.8 Å². The van der Waals surface area contributed by atoms with Crippen molar-refractivity contribution in [3.05, 3.63) is 58.2 Å². The van der Waals surface area contributed by atoms with Gasteiger partial charge in [0.2, 0.25) is 5.91 Å². The molecule has 4 rings (SSSR count). The highest BCUT2D eigenvalue weighted by atomic mass is 16.1. The molecule has 166 valence electrons. The van der Waals surface area contributed by atoms with Gasteiger partial charge in [-0.25, -0.2) is 9.97 Å². The number of aromatic nitrogens is 2. The van der Waals surface area contributed by atoms with E-state index in [4.69, 9.17) is 9.97 Å². The van der Waals surface area contributed by atoms with Crippen LogP contribution >= 0.6 is 0 Å². The van der Waals surface area contributed by atoms with Crippen LogP contribution in [0.3, 0.4) is 0 Å². The second kappa shape index (κ2) is 9.90. The van der Waals surface area contributed by atoms with E-state index in [0.29, 0.717) is 18.4 Å². The van der Waals surface area contributed by atoms with Gasteiger partial charge in [-0.3, -0.25) is 9.69 Å². The van der Waals surface area contributed by atoms with E-state index < -0.39 is 0 Å². The number of carbonyl (C=O) groups is 1. The van der Waals surface area contributed by atoms with Crippen LogP contribution in [0.15, 0.2) is 24.3 Å². The number of aryl methyl sites for hydroxylation is 3. The average molecular weight is 421 g/mol.